The van der Waals surface area contributed by atoms with Gasteiger partial charge in [-0.1, -0.05) is 29.9 Å². The van der Waals surface area contributed by atoms with Crippen LogP contribution in [-0.4, -0.2) is 24.9 Å². The molecule has 2 aromatic rings. The minimum Gasteiger partial charge on any atom is -0.389 e. The highest BCUT2D eigenvalue weighted by atomic mass is 35.5. The summed E-state index contributed by atoms with van der Waals surface area (Å²) in [5, 5.41) is 1.99. The second kappa shape index (κ2) is 6.80. The predicted molar refractivity (Wildman–Crippen MR) is 88.3 cm³/mol. The lowest BCUT2D eigenvalue weighted by Gasteiger charge is -2.09. The fourth-order valence-corrected chi connectivity index (χ4v) is 3.89. The van der Waals surface area contributed by atoms with Crippen LogP contribution in [-0.2, 0) is 16.4 Å². The zero-order valence-corrected chi connectivity index (χ0v) is 14.0. The number of benzene rings is 1. The Morgan fingerprint density at radius 2 is 2.24 bits per heavy atom. The van der Waals surface area contributed by atoms with E-state index in [-0.39, 0.29) is 21.5 Å². The first-order valence-corrected chi connectivity index (χ1v) is 9.07. The molecule has 1 aromatic heterocycles. The van der Waals surface area contributed by atoms with Gasteiger partial charge in [-0.3, -0.25) is 0 Å². The van der Waals surface area contributed by atoms with Crippen molar-refractivity contribution in [3.8, 4) is 0 Å². The van der Waals surface area contributed by atoms with Crippen molar-refractivity contribution in [1.29, 1.82) is 0 Å². The van der Waals surface area contributed by atoms with E-state index in [1.807, 2.05) is 5.38 Å². The van der Waals surface area contributed by atoms with Crippen LogP contribution in [0.4, 0.5) is 0 Å². The van der Waals surface area contributed by atoms with E-state index in [0.717, 1.165) is 5.69 Å². The van der Waals surface area contributed by atoms with Crippen molar-refractivity contribution in [2.24, 2.45) is 5.73 Å². The van der Waals surface area contributed by atoms with Crippen LogP contribution in [0, 0.1) is 0 Å². The third-order valence-corrected chi connectivity index (χ3v) is 5.48. The maximum Gasteiger partial charge on any atom is 0.242 e. The highest BCUT2D eigenvalue weighted by molar-refractivity contribution is 7.89. The molecule has 21 heavy (non-hydrogen) atoms. The van der Waals surface area contributed by atoms with Crippen molar-refractivity contribution in [2.45, 2.75) is 11.3 Å². The molecule has 2 rings (SSSR count). The highest BCUT2D eigenvalue weighted by Gasteiger charge is 2.18. The van der Waals surface area contributed by atoms with Crippen LogP contribution in [0.15, 0.2) is 34.0 Å². The van der Waals surface area contributed by atoms with Gasteiger partial charge < -0.3 is 5.73 Å². The number of aromatic nitrogens is 1. The summed E-state index contributed by atoms with van der Waals surface area (Å²) in [6, 6.07) is 4.42. The number of halogens is 1. The molecule has 0 unspecified atom stereocenters. The maximum atomic E-state index is 12.3. The van der Waals surface area contributed by atoms with Gasteiger partial charge >= 0.3 is 0 Å². The van der Waals surface area contributed by atoms with Crippen molar-refractivity contribution < 1.29 is 8.42 Å². The molecule has 0 saturated heterocycles. The summed E-state index contributed by atoms with van der Waals surface area (Å²) in [7, 11) is -3.72. The average molecular weight is 362 g/mol. The summed E-state index contributed by atoms with van der Waals surface area (Å²) in [4.78, 5) is 4.17. The number of sulfonamides is 1. The molecule has 1 heterocycles. The number of thiazole rings is 1. The molecule has 5 nitrogen and oxygen atoms in total. The maximum absolute atomic E-state index is 12.3. The molecule has 0 amide bonds. The summed E-state index contributed by atoms with van der Waals surface area (Å²) >= 11 is 12.3. The summed E-state index contributed by atoms with van der Waals surface area (Å²) < 4.78 is 27.0. The summed E-state index contributed by atoms with van der Waals surface area (Å²) in [5.74, 6) is 0. The molecular formula is C12H12ClN3O2S3. The van der Waals surface area contributed by atoms with Gasteiger partial charge in [-0.05, 0) is 12.1 Å². The van der Waals surface area contributed by atoms with Crippen LogP contribution >= 0.6 is 35.2 Å². The van der Waals surface area contributed by atoms with Crippen LogP contribution in [0.25, 0.3) is 0 Å². The van der Waals surface area contributed by atoms with Gasteiger partial charge in [0.15, 0.2) is 0 Å². The van der Waals surface area contributed by atoms with E-state index in [1.165, 1.54) is 23.5 Å². The van der Waals surface area contributed by atoms with Crippen molar-refractivity contribution >= 4 is 50.2 Å². The van der Waals surface area contributed by atoms with Gasteiger partial charge in [0.25, 0.3) is 0 Å². The van der Waals surface area contributed by atoms with Gasteiger partial charge in [-0.15, -0.1) is 11.3 Å². The third-order valence-electron chi connectivity index (χ3n) is 2.66. The van der Waals surface area contributed by atoms with E-state index in [9.17, 15) is 8.42 Å². The Morgan fingerprint density at radius 3 is 2.86 bits per heavy atom. The smallest absolute Gasteiger partial charge is 0.242 e. The van der Waals surface area contributed by atoms with Crippen LogP contribution in [0.5, 0.6) is 0 Å². The fraction of sp³-hybridized carbons (Fsp3) is 0.167. The van der Waals surface area contributed by atoms with Gasteiger partial charge in [0.2, 0.25) is 10.0 Å². The number of hydrogen-bond acceptors (Lipinski definition) is 5. The minimum absolute atomic E-state index is 0.0345. The molecule has 0 saturated carbocycles. The number of thiocarbonyl (C=S) groups is 1. The Labute approximate surface area is 137 Å². The lowest BCUT2D eigenvalue weighted by molar-refractivity contribution is 0.581. The Bertz CT molecular complexity index is 745. The molecule has 0 aliphatic carbocycles. The van der Waals surface area contributed by atoms with Crippen LogP contribution < -0.4 is 10.5 Å². The number of nitrogens with two attached hydrogens (primary N) is 1. The summed E-state index contributed by atoms with van der Waals surface area (Å²) in [5.41, 5.74) is 8.50. The van der Waals surface area contributed by atoms with E-state index in [2.05, 4.69) is 9.71 Å². The van der Waals surface area contributed by atoms with E-state index in [1.54, 1.807) is 11.6 Å². The van der Waals surface area contributed by atoms with Crippen molar-refractivity contribution in [3.05, 3.63) is 45.4 Å². The highest BCUT2D eigenvalue weighted by Crippen LogP contribution is 2.22. The summed E-state index contributed by atoms with van der Waals surface area (Å²) in [6.45, 7) is 0.236. The van der Waals surface area contributed by atoms with Crippen molar-refractivity contribution in [2.75, 3.05) is 6.54 Å². The number of hydrogen-bond donors (Lipinski definition) is 2. The standard InChI is InChI=1S/C12H12ClN3O2S3/c13-10-2-1-8(12(14)19)5-11(10)21(17,18)16-4-3-9-6-20-7-15-9/h1-2,5-7,16H,3-4H2,(H2,14,19). The van der Waals surface area contributed by atoms with Gasteiger partial charge in [-0.25, -0.2) is 18.1 Å². The Morgan fingerprint density at radius 1 is 1.48 bits per heavy atom. The van der Waals surface area contributed by atoms with Gasteiger partial charge in [0.05, 0.1) is 16.2 Å². The van der Waals surface area contributed by atoms with E-state index < -0.39 is 10.0 Å². The van der Waals surface area contributed by atoms with Crippen molar-refractivity contribution in [3.63, 3.8) is 0 Å². The molecule has 0 bridgehead atoms. The molecule has 0 radical (unpaired) electrons. The fourth-order valence-electron chi connectivity index (χ4n) is 1.61. The molecular weight excluding hydrogens is 350 g/mol. The largest absolute Gasteiger partial charge is 0.389 e. The van der Waals surface area contributed by atoms with E-state index in [4.69, 9.17) is 29.6 Å². The minimum atomic E-state index is -3.72. The van der Waals surface area contributed by atoms with E-state index in [0.29, 0.717) is 12.0 Å². The summed E-state index contributed by atoms with van der Waals surface area (Å²) in [6.07, 6.45) is 0.509. The lowest BCUT2D eigenvalue weighted by atomic mass is 10.2. The Hall–Kier alpha value is -1.06. The average Bonchev–Trinajstić information content (AvgIpc) is 2.91. The zero-order valence-electron chi connectivity index (χ0n) is 10.7. The van der Waals surface area contributed by atoms with Gasteiger partial charge in [-0.2, -0.15) is 0 Å². The monoisotopic (exact) mass is 361 g/mol. The van der Waals surface area contributed by atoms with Crippen molar-refractivity contribution in [1.82, 2.24) is 9.71 Å². The number of nitrogens with one attached hydrogen (secondary N) is 1. The first-order chi connectivity index (χ1) is 9.90. The first kappa shape index (κ1) is 16.3. The quantitative estimate of drug-likeness (QED) is 0.768. The molecule has 1 aromatic carbocycles. The topological polar surface area (TPSA) is 85.1 Å². The molecule has 112 valence electrons. The van der Waals surface area contributed by atoms with Gasteiger partial charge in [0.1, 0.15) is 9.88 Å². The second-order valence-electron chi connectivity index (χ2n) is 4.14. The molecule has 0 aliphatic rings. The first-order valence-electron chi connectivity index (χ1n) is 5.86. The van der Waals surface area contributed by atoms with Crippen LogP contribution in [0.2, 0.25) is 5.02 Å². The Kier molecular flexibility index (Phi) is 5.28. The predicted octanol–water partition coefficient (Wildman–Crippen LogP) is 1.95. The second-order valence-corrected chi connectivity index (χ2v) is 7.44. The molecule has 0 fully saturated rings. The molecule has 3 N–H and O–H groups in total. The number of rotatable bonds is 6. The third kappa shape index (κ3) is 4.21. The molecule has 0 aliphatic heterocycles. The van der Waals surface area contributed by atoms with E-state index >= 15 is 0 Å². The SMILES string of the molecule is NC(=S)c1ccc(Cl)c(S(=O)(=O)NCCc2cscn2)c1. The van der Waals surface area contributed by atoms with Gasteiger partial charge in [0, 0.05) is 23.9 Å². The van der Waals surface area contributed by atoms with Crippen LogP contribution in [0.1, 0.15) is 11.3 Å². The Balaban J connectivity index is 2.15. The molecule has 0 spiro atoms. The van der Waals surface area contributed by atoms with Crippen LogP contribution in [0.3, 0.4) is 0 Å². The molecule has 0 atom stereocenters. The number of nitrogens with zero attached hydrogens (tertiary/aromatic N) is 1. The lowest BCUT2D eigenvalue weighted by Crippen LogP contribution is -2.26. The molecule has 9 heteroatoms. The zero-order chi connectivity index (χ0) is 15.5. The normalized spacial score (nSPS) is 11.5.